The average Bonchev–Trinajstić information content (AvgIpc) is 2.76. The zero-order valence-corrected chi connectivity index (χ0v) is 14.6. The minimum atomic E-state index is -0.0589. The van der Waals surface area contributed by atoms with Crippen LogP contribution in [0.25, 0.3) is 0 Å². The number of amides is 1. The molecule has 0 bridgehead atoms. The van der Waals surface area contributed by atoms with E-state index in [4.69, 9.17) is 17.0 Å². The maximum atomic E-state index is 12.2. The Labute approximate surface area is 135 Å². The van der Waals surface area contributed by atoms with Crippen LogP contribution in [-0.2, 0) is 16.0 Å². The van der Waals surface area contributed by atoms with Crippen molar-refractivity contribution in [2.45, 2.75) is 64.5 Å². The summed E-state index contributed by atoms with van der Waals surface area (Å²) in [5.74, 6) is 0.0800. The van der Waals surface area contributed by atoms with Gasteiger partial charge in [-0.15, -0.1) is 11.3 Å². The Morgan fingerprint density at radius 1 is 1.52 bits per heavy atom. The van der Waals surface area contributed by atoms with Gasteiger partial charge < -0.3 is 15.0 Å². The van der Waals surface area contributed by atoms with Gasteiger partial charge in [-0.1, -0.05) is 13.8 Å². The van der Waals surface area contributed by atoms with Crippen LogP contribution >= 0.6 is 23.6 Å². The van der Waals surface area contributed by atoms with Crippen LogP contribution in [0, 0.1) is 10.9 Å². The van der Waals surface area contributed by atoms with Crippen molar-refractivity contribution in [1.29, 1.82) is 0 Å². The van der Waals surface area contributed by atoms with Crippen molar-refractivity contribution in [1.82, 2.24) is 10.3 Å². The summed E-state index contributed by atoms with van der Waals surface area (Å²) in [5, 5.41) is 3.17. The summed E-state index contributed by atoms with van der Waals surface area (Å²) in [5.41, 5.74) is 0.944. The highest BCUT2D eigenvalue weighted by atomic mass is 32.1. The van der Waals surface area contributed by atoms with E-state index in [1.807, 2.05) is 6.92 Å². The molecule has 2 N–H and O–H groups in total. The Kier molecular flexibility index (Phi) is 5.57. The predicted molar refractivity (Wildman–Crippen MR) is 88.4 cm³/mol. The molecule has 1 aliphatic heterocycles. The van der Waals surface area contributed by atoms with Crippen LogP contribution in [0.5, 0.6) is 0 Å². The second kappa shape index (κ2) is 7.03. The monoisotopic (exact) mass is 328 g/mol. The lowest BCUT2D eigenvalue weighted by atomic mass is 9.86. The van der Waals surface area contributed by atoms with Gasteiger partial charge in [0.25, 0.3) is 0 Å². The quantitative estimate of drug-likeness (QED) is 0.813. The fourth-order valence-corrected chi connectivity index (χ4v) is 4.21. The Hall–Kier alpha value is -0.720. The smallest absolute Gasteiger partial charge is 0.225 e. The van der Waals surface area contributed by atoms with Crippen LogP contribution in [0.1, 0.15) is 50.1 Å². The van der Waals surface area contributed by atoms with Crippen LogP contribution < -0.4 is 5.32 Å². The number of hydrogen-bond donors (Lipinski definition) is 2. The highest BCUT2D eigenvalue weighted by Crippen LogP contribution is 2.31. The minimum absolute atomic E-state index is 0.0589. The van der Waals surface area contributed by atoms with Gasteiger partial charge >= 0.3 is 0 Å². The lowest BCUT2D eigenvalue weighted by Crippen LogP contribution is -2.48. The summed E-state index contributed by atoms with van der Waals surface area (Å²) in [7, 11) is 0. The van der Waals surface area contributed by atoms with Gasteiger partial charge in [0.15, 0.2) is 3.95 Å². The summed E-state index contributed by atoms with van der Waals surface area (Å²) < 4.78 is 6.68. The average molecular weight is 329 g/mol. The number of thiazole rings is 1. The minimum Gasteiger partial charge on any atom is -0.375 e. The molecule has 1 amide bonds. The normalized spacial score (nSPS) is 21.2. The molecule has 0 aromatic carbocycles. The van der Waals surface area contributed by atoms with Gasteiger partial charge in [-0.05, 0) is 44.8 Å². The molecule has 1 atom stereocenters. The molecule has 2 heterocycles. The first-order valence-electron chi connectivity index (χ1n) is 7.60. The molecule has 118 valence electrons. The van der Waals surface area contributed by atoms with Crippen molar-refractivity contribution in [3.05, 3.63) is 14.5 Å². The van der Waals surface area contributed by atoms with Crippen LogP contribution in [0.2, 0.25) is 0 Å². The van der Waals surface area contributed by atoms with Crippen molar-refractivity contribution in [2.24, 2.45) is 0 Å². The van der Waals surface area contributed by atoms with Gasteiger partial charge in [-0.2, -0.15) is 0 Å². The van der Waals surface area contributed by atoms with Gasteiger partial charge in [-0.25, -0.2) is 0 Å². The number of nitrogens with one attached hydrogen (secondary N) is 2. The van der Waals surface area contributed by atoms with Gasteiger partial charge in [0.1, 0.15) is 0 Å². The van der Waals surface area contributed by atoms with Crippen LogP contribution in [0.4, 0.5) is 0 Å². The van der Waals surface area contributed by atoms with Crippen molar-refractivity contribution >= 4 is 29.5 Å². The Morgan fingerprint density at radius 2 is 2.24 bits per heavy atom. The zero-order valence-electron chi connectivity index (χ0n) is 13.0. The van der Waals surface area contributed by atoms with Crippen molar-refractivity contribution in [3.63, 3.8) is 0 Å². The van der Waals surface area contributed by atoms with E-state index in [9.17, 15) is 4.79 Å². The molecule has 0 spiro atoms. The maximum absolute atomic E-state index is 12.2. The maximum Gasteiger partial charge on any atom is 0.225 e. The van der Waals surface area contributed by atoms with E-state index in [-0.39, 0.29) is 17.6 Å². The molecule has 1 fully saturated rings. The number of aromatic amines is 1. The zero-order chi connectivity index (χ0) is 15.5. The molecule has 4 nitrogen and oxygen atoms in total. The molecule has 21 heavy (non-hydrogen) atoms. The van der Waals surface area contributed by atoms with Gasteiger partial charge in [0, 0.05) is 23.2 Å². The Balaban J connectivity index is 1.93. The predicted octanol–water partition coefficient (Wildman–Crippen LogP) is 3.51. The lowest BCUT2D eigenvalue weighted by molar-refractivity contribution is -0.125. The summed E-state index contributed by atoms with van der Waals surface area (Å²) in [6, 6.07) is 0.221. The third kappa shape index (κ3) is 4.14. The molecule has 0 aliphatic carbocycles. The SMILES string of the molecule is CCC1(CC)CC(NC(=O)Cc2sc(=S)[nH]c2C)CCO1. The third-order valence-corrected chi connectivity index (χ3v) is 5.73. The Morgan fingerprint density at radius 3 is 2.81 bits per heavy atom. The van der Waals surface area contributed by atoms with Crippen LogP contribution in [0.3, 0.4) is 0 Å². The number of aryl methyl sites for hydroxylation is 1. The topological polar surface area (TPSA) is 54.1 Å². The fraction of sp³-hybridized carbons (Fsp3) is 0.733. The highest BCUT2D eigenvalue weighted by Gasteiger charge is 2.35. The molecule has 6 heteroatoms. The molecule has 1 saturated heterocycles. The van der Waals surface area contributed by atoms with E-state index in [1.54, 1.807) is 0 Å². The van der Waals surface area contributed by atoms with Crippen molar-refractivity contribution in [3.8, 4) is 0 Å². The van der Waals surface area contributed by atoms with Gasteiger partial charge in [-0.3, -0.25) is 4.79 Å². The number of carbonyl (C=O) groups excluding carboxylic acids is 1. The highest BCUT2D eigenvalue weighted by molar-refractivity contribution is 7.73. The molecule has 1 aliphatic rings. The summed E-state index contributed by atoms with van der Waals surface area (Å²) in [6.07, 6.45) is 4.21. The standard InChI is InChI=1S/C15H24N2O2S2/c1-4-15(5-2)9-11(6-7-19-15)17-13(18)8-12-10(3)16-14(20)21-12/h11H,4-9H2,1-3H3,(H,16,20)(H,17,18). The largest absolute Gasteiger partial charge is 0.375 e. The molecular weight excluding hydrogens is 304 g/mol. The van der Waals surface area contributed by atoms with Gasteiger partial charge in [0.05, 0.1) is 12.0 Å². The third-order valence-electron chi connectivity index (χ3n) is 4.39. The molecule has 2 rings (SSSR count). The lowest BCUT2D eigenvalue weighted by Gasteiger charge is -2.40. The number of H-pyrrole nitrogens is 1. The molecule has 1 aromatic heterocycles. The molecule has 1 unspecified atom stereocenters. The van der Waals surface area contributed by atoms with E-state index in [1.165, 1.54) is 11.3 Å². The second-order valence-electron chi connectivity index (χ2n) is 5.74. The van der Waals surface area contributed by atoms with Crippen LogP contribution in [0.15, 0.2) is 0 Å². The number of carbonyl (C=O) groups is 1. The Bertz CT molecular complexity index is 546. The molecule has 0 saturated carbocycles. The van der Waals surface area contributed by atoms with E-state index in [2.05, 4.69) is 24.1 Å². The summed E-state index contributed by atoms with van der Waals surface area (Å²) >= 11 is 6.60. The number of rotatable bonds is 5. The first-order valence-corrected chi connectivity index (χ1v) is 8.82. The number of hydrogen-bond acceptors (Lipinski definition) is 4. The molecule has 1 aromatic rings. The molecular formula is C15H24N2O2S2. The number of ether oxygens (including phenoxy) is 1. The first-order chi connectivity index (χ1) is 9.98. The van der Waals surface area contributed by atoms with E-state index in [0.29, 0.717) is 6.42 Å². The van der Waals surface area contributed by atoms with E-state index < -0.39 is 0 Å². The molecule has 0 radical (unpaired) electrons. The van der Waals surface area contributed by atoms with Crippen LogP contribution in [-0.4, -0.2) is 29.1 Å². The van der Waals surface area contributed by atoms with Crippen molar-refractivity contribution < 1.29 is 9.53 Å². The first kappa shape index (κ1) is 16.6. The number of aromatic nitrogens is 1. The van der Waals surface area contributed by atoms with Gasteiger partial charge in [0.2, 0.25) is 5.91 Å². The van der Waals surface area contributed by atoms with E-state index >= 15 is 0 Å². The fourth-order valence-electron chi connectivity index (χ4n) is 2.92. The second-order valence-corrected chi connectivity index (χ2v) is 7.51. The summed E-state index contributed by atoms with van der Waals surface area (Å²) in [6.45, 7) is 7.00. The summed E-state index contributed by atoms with van der Waals surface area (Å²) in [4.78, 5) is 16.3. The van der Waals surface area contributed by atoms with E-state index in [0.717, 1.165) is 46.8 Å². The van der Waals surface area contributed by atoms with Crippen molar-refractivity contribution in [2.75, 3.05) is 6.61 Å².